The zero-order valence-corrected chi connectivity index (χ0v) is 10.8. The summed E-state index contributed by atoms with van der Waals surface area (Å²) in [5.41, 5.74) is 0. The standard InChI is InChI=1S/C8H16N.2CH3.Ru/c1-7(2)5-9-6-8(3)4;;;/h5-8H,1-4H3;2*1H3;/q3*-1;+3. The van der Waals surface area contributed by atoms with Crippen molar-refractivity contribution in [2.45, 2.75) is 27.7 Å². The molecule has 1 nitrogen and oxygen atoms in total. The van der Waals surface area contributed by atoms with E-state index in [0.29, 0.717) is 11.8 Å². The van der Waals surface area contributed by atoms with Crippen molar-refractivity contribution >= 4 is 6.21 Å². The fourth-order valence-electron chi connectivity index (χ4n) is 0.394. The molecule has 0 aromatic heterocycles. The van der Waals surface area contributed by atoms with Crippen molar-refractivity contribution in [1.82, 2.24) is 0 Å². The SMILES string of the molecule is CC(C)C=N[CH-]C(C)C.[CH3-].[CH3-].[Ru+3]. The first-order chi connectivity index (χ1) is 4.13. The Labute approximate surface area is 91.8 Å². The fourth-order valence-corrected chi connectivity index (χ4v) is 0.394. The summed E-state index contributed by atoms with van der Waals surface area (Å²) < 4.78 is 0. The van der Waals surface area contributed by atoms with Crippen LogP contribution in [-0.4, -0.2) is 6.21 Å². The van der Waals surface area contributed by atoms with Crippen molar-refractivity contribution in [3.05, 3.63) is 21.4 Å². The van der Waals surface area contributed by atoms with E-state index < -0.39 is 0 Å². The normalized spacial score (nSPS) is 8.83. The molecule has 0 atom stereocenters. The summed E-state index contributed by atoms with van der Waals surface area (Å²) in [7, 11) is 0. The van der Waals surface area contributed by atoms with Crippen LogP contribution in [-0.2, 0) is 19.5 Å². The van der Waals surface area contributed by atoms with Gasteiger partial charge in [0.15, 0.2) is 0 Å². The summed E-state index contributed by atoms with van der Waals surface area (Å²) in [6.45, 7) is 10.4. The quantitative estimate of drug-likeness (QED) is 0.417. The molecular weight excluding hydrogens is 235 g/mol. The van der Waals surface area contributed by atoms with Crippen LogP contribution in [0.3, 0.4) is 0 Å². The Morgan fingerprint density at radius 3 is 1.75 bits per heavy atom. The molecule has 0 aliphatic rings. The summed E-state index contributed by atoms with van der Waals surface area (Å²) in [6, 6.07) is 0. The maximum Gasteiger partial charge on any atom is 3.00 e. The number of nitrogens with zero attached hydrogens (tertiary/aromatic N) is 1. The molecule has 75 valence electrons. The molecule has 0 aliphatic heterocycles. The van der Waals surface area contributed by atoms with Gasteiger partial charge in [-0.3, -0.25) is 0 Å². The Bertz CT molecular complexity index is 87.8. The van der Waals surface area contributed by atoms with Gasteiger partial charge < -0.3 is 19.8 Å². The van der Waals surface area contributed by atoms with Crippen LogP contribution in [0.15, 0.2) is 4.99 Å². The second-order valence-electron chi connectivity index (χ2n) is 2.94. The minimum Gasteiger partial charge on any atom is -0.457 e. The molecule has 0 spiro atoms. The van der Waals surface area contributed by atoms with Crippen LogP contribution < -0.4 is 0 Å². The zero-order valence-electron chi connectivity index (χ0n) is 9.11. The van der Waals surface area contributed by atoms with Gasteiger partial charge in [0.25, 0.3) is 0 Å². The first kappa shape index (κ1) is 22.7. The van der Waals surface area contributed by atoms with E-state index in [9.17, 15) is 0 Å². The molecule has 0 saturated carbocycles. The minimum absolute atomic E-state index is 0. The monoisotopic (exact) mass is 258 g/mol. The van der Waals surface area contributed by atoms with Crippen molar-refractivity contribution in [1.29, 1.82) is 0 Å². The molecule has 0 aliphatic carbocycles. The molecule has 0 bridgehead atoms. The average molecular weight is 257 g/mol. The van der Waals surface area contributed by atoms with Crippen LogP contribution in [0.1, 0.15) is 27.7 Å². The van der Waals surface area contributed by atoms with Crippen LogP contribution >= 0.6 is 0 Å². The van der Waals surface area contributed by atoms with Crippen molar-refractivity contribution in [2.75, 3.05) is 0 Å². The summed E-state index contributed by atoms with van der Waals surface area (Å²) in [6.07, 6.45) is 1.96. The maximum atomic E-state index is 4.12. The Kier molecular flexibility index (Phi) is 26.0. The van der Waals surface area contributed by atoms with E-state index in [0.717, 1.165) is 0 Å². The van der Waals surface area contributed by atoms with E-state index in [-0.39, 0.29) is 34.3 Å². The smallest absolute Gasteiger partial charge is 0.457 e. The van der Waals surface area contributed by atoms with E-state index >= 15 is 0 Å². The molecule has 0 unspecified atom stereocenters. The van der Waals surface area contributed by atoms with E-state index in [1.165, 1.54) is 0 Å². The van der Waals surface area contributed by atoms with Crippen molar-refractivity contribution in [3.63, 3.8) is 0 Å². The number of rotatable bonds is 3. The summed E-state index contributed by atoms with van der Waals surface area (Å²) in [5, 5.41) is 0. The fraction of sp³-hybridized carbons (Fsp3) is 0.600. The van der Waals surface area contributed by atoms with Crippen LogP contribution in [0.25, 0.3) is 0 Å². The van der Waals surface area contributed by atoms with Crippen LogP contribution in [0, 0.1) is 33.2 Å². The summed E-state index contributed by atoms with van der Waals surface area (Å²) in [4.78, 5) is 4.12. The third kappa shape index (κ3) is 22.5. The second kappa shape index (κ2) is 13.7. The minimum atomic E-state index is 0. The number of aliphatic imine (C=N–C) groups is 1. The topological polar surface area (TPSA) is 12.4 Å². The maximum absolute atomic E-state index is 4.12. The number of hydrogen-bond donors (Lipinski definition) is 0. The largest absolute Gasteiger partial charge is 3.00 e. The van der Waals surface area contributed by atoms with Gasteiger partial charge in [-0.1, -0.05) is 39.5 Å². The van der Waals surface area contributed by atoms with E-state index in [2.05, 4.69) is 32.7 Å². The van der Waals surface area contributed by atoms with Crippen LogP contribution in [0.5, 0.6) is 0 Å². The predicted molar refractivity (Wildman–Crippen MR) is 55.3 cm³/mol. The summed E-state index contributed by atoms with van der Waals surface area (Å²) >= 11 is 0. The molecule has 0 fully saturated rings. The molecule has 0 aromatic carbocycles. The van der Waals surface area contributed by atoms with E-state index in [1.54, 1.807) is 0 Å². The molecule has 2 heteroatoms. The van der Waals surface area contributed by atoms with Crippen molar-refractivity contribution < 1.29 is 19.5 Å². The van der Waals surface area contributed by atoms with E-state index in [1.807, 2.05) is 12.8 Å². The predicted octanol–water partition coefficient (Wildman–Crippen LogP) is 3.43. The van der Waals surface area contributed by atoms with Crippen LogP contribution in [0.4, 0.5) is 0 Å². The van der Waals surface area contributed by atoms with Crippen molar-refractivity contribution in [3.8, 4) is 0 Å². The second-order valence-corrected chi connectivity index (χ2v) is 2.94. The Morgan fingerprint density at radius 1 is 1.08 bits per heavy atom. The summed E-state index contributed by atoms with van der Waals surface area (Å²) in [5.74, 6) is 1.14. The molecule has 0 rings (SSSR count). The Morgan fingerprint density at radius 2 is 1.50 bits per heavy atom. The van der Waals surface area contributed by atoms with Gasteiger partial charge in [0.05, 0.1) is 0 Å². The van der Waals surface area contributed by atoms with Gasteiger partial charge in [0.2, 0.25) is 0 Å². The van der Waals surface area contributed by atoms with Crippen LogP contribution in [0.2, 0.25) is 0 Å². The van der Waals surface area contributed by atoms with Gasteiger partial charge >= 0.3 is 19.5 Å². The molecule has 0 N–H and O–H groups in total. The van der Waals surface area contributed by atoms with Crippen molar-refractivity contribution in [2.24, 2.45) is 16.8 Å². The number of hydrogen-bond acceptors (Lipinski definition) is 1. The average Bonchev–Trinajstić information content (AvgIpc) is 1.63. The van der Waals surface area contributed by atoms with Gasteiger partial charge in [-0.05, 0) is 0 Å². The van der Waals surface area contributed by atoms with Gasteiger partial charge in [-0.25, -0.2) is 0 Å². The molecule has 0 amide bonds. The molecule has 0 saturated heterocycles. The first-order valence-corrected chi connectivity index (χ1v) is 3.49. The third-order valence-corrected chi connectivity index (χ3v) is 0.768. The molecule has 0 aromatic rings. The Hall–Kier alpha value is 0.163. The third-order valence-electron chi connectivity index (χ3n) is 0.768. The molecule has 12 heavy (non-hydrogen) atoms. The molecule has 1 radical (unpaired) electrons. The first-order valence-electron chi connectivity index (χ1n) is 3.49. The van der Waals surface area contributed by atoms with Gasteiger partial charge in [0.1, 0.15) is 0 Å². The van der Waals surface area contributed by atoms with Gasteiger partial charge in [0, 0.05) is 0 Å². The zero-order chi connectivity index (χ0) is 7.28. The Balaban J connectivity index is -0.000000107. The van der Waals surface area contributed by atoms with E-state index in [4.69, 9.17) is 0 Å². The van der Waals surface area contributed by atoms with Gasteiger partial charge in [-0.15, -0.1) is 12.8 Å². The molecule has 0 heterocycles. The molecular formula is C10H22NRu. The van der Waals surface area contributed by atoms with Gasteiger partial charge in [-0.2, -0.15) is 0 Å².